The number of aromatic nitrogens is 1. The van der Waals surface area contributed by atoms with Crippen molar-refractivity contribution in [3.8, 4) is 11.9 Å². The molecule has 22 heavy (non-hydrogen) atoms. The van der Waals surface area contributed by atoms with Gasteiger partial charge in [0.15, 0.2) is 0 Å². The van der Waals surface area contributed by atoms with Crippen LogP contribution in [0.3, 0.4) is 0 Å². The molecule has 1 aliphatic rings. The minimum Gasteiger partial charge on any atom is -0.494 e. The molecule has 0 aromatic carbocycles. The van der Waals surface area contributed by atoms with Crippen molar-refractivity contribution in [3.05, 3.63) is 27.0 Å². The second-order valence-corrected chi connectivity index (χ2v) is 6.25. The summed E-state index contributed by atoms with van der Waals surface area (Å²) in [6.45, 7) is 9.12. The lowest BCUT2D eigenvalue weighted by molar-refractivity contribution is -1.01. The van der Waals surface area contributed by atoms with Crippen LogP contribution in [-0.4, -0.2) is 42.9 Å². The van der Waals surface area contributed by atoms with E-state index >= 15 is 0 Å². The van der Waals surface area contributed by atoms with Crippen LogP contribution >= 0.6 is 0 Å². The number of nitriles is 1. The van der Waals surface area contributed by atoms with Gasteiger partial charge < -0.3 is 14.9 Å². The van der Waals surface area contributed by atoms with Gasteiger partial charge in [-0.2, -0.15) is 5.26 Å². The second kappa shape index (κ2) is 6.95. The summed E-state index contributed by atoms with van der Waals surface area (Å²) in [7, 11) is 2.19. The molecular formula is C16H26N4O2+2. The van der Waals surface area contributed by atoms with Crippen LogP contribution in [0.1, 0.15) is 30.0 Å². The SMILES string of the molecule is CCCn1c(O)c(C[NH+]2CC[NH+](C)CC2)c(C)c(C#N)c1=O. The summed E-state index contributed by atoms with van der Waals surface area (Å²) in [6.07, 6.45) is 0.742. The lowest BCUT2D eigenvalue weighted by atomic mass is 10.0. The minimum absolute atomic E-state index is 0.0436. The van der Waals surface area contributed by atoms with Crippen LogP contribution in [0.2, 0.25) is 0 Å². The molecule has 1 aliphatic heterocycles. The standard InChI is InChI=1S/C16H24N4O2/c1-4-5-20-15(21)13(10-17)12(2)14(16(20)22)11-19-8-6-18(3)7-9-19/h22H,4-9,11H2,1-3H3/p+2. The third-order valence-electron chi connectivity index (χ3n) is 4.61. The number of piperazine rings is 1. The summed E-state index contributed by atoms with van der Waals surface area (Å²) >= 11 is 0. The molecule has 6 heteroatoms. The van der Waals surface area contributed by atoms with Gasteiger partial charge in [-0.25, -0.2) is 0 Å². The molecular weight excluding hydrogens is 280 g/mol. The van der Waals surface area contributed by atoms with E-state index in [0.29, 0.717) is 18.7 Å². The summed E-state index contributed by atoms with van der Waals surface area (Å²) in [6, 6.07) is 2.02. The Morgan fingerprint density at radius 3 is 2.50 bits per heavy atom. The molecule has 3 N–H and O–H groups in total. The normalized spacial score (nSPS) is 21.5. The number of hydrogen-bond acceptors (Lipinski definition) is 3. The van der Waals surface area contributed by atoms with E-state index < -0.39 is 0 Å². The molecule has 6 nitrogen and oxygen atoms in total. The predicted octanol–water partition coefficient (Wildman–Crippen LogP) is -1.94. The van der Waals surface area contributed by atoms with E-state index in [1.54, 1.807) is 6.92 Å². The van der Waals surface area contributed by atoms with Crippen LogP contribution in [0.15, 0.2) is 4.79 Å². The summed E-state index contributed by atoms with van der Waals surface area (Å²) in [4.78, 5) is 15.2. The van der Waals surface area contributed by atoms with Gasteiger partial charge in [-0.3, -0.25) is 9.36 Å². The highest BCUT2D eigenvalue weighted by atomic mass is 16.3. The van der Waals surface area contributed by atoms with Crippen molar-refractivity contribution < 1.29 is 14.9 Å². The molecule has 0 amide bonds. The van der Waals surface area contributed by atoms with Crippen molar-refractivity contribution in [1.29, 1.82) is 5.26 Å². The van der Waals surface area contributed by atoms with Crippen molar-refractivity contribution in [2.45, 2.75) is 33.4 Å². The van der Waals surface area contributed by atoms with Crippen LogP contribution in [0.25, 0.3) is 0 Å². The van der Waals surface area contributed by atoms with Crippen molar-refractivity contribution in [2.24, 2.45) is 0 Å². The molecule has 2 rings (SSSR count). The van der Waals surface area contributed by atoms with Crippen molar-refractivity contribution >= 4 is 0 Å². The minimum atomic E-state index is -0.374. The monoisotopic (exact) mass is 306 g/mol. The maximum absolute atomic E-state index is 12.3. The fourth-order valence-electron chi connectivity index (χ4n) is 3.10. The number of quaternary nitrogens is 2. The smallest absolute Gasteiger partial charge is 0.271 e. The molecule has 0 atom stereocenters. The number of pyridine rings is 1. The molecule has 0 spiro atoms. The first-order valence-electron chi connectivity index (χ1n) is 7.99. The van der Waals surface area contributed by atoms with Crippen molar-refractivity contribution in [1.82, 2.24) is 4.57 Å². The average molecular weight is 306 g/mol. The Bertz CT molecular complexity index is 637. The number of nitrogens with one attached hydrogen (secondary N) is 2. The molecule has 120 valence electrons. The first kappa shape index (κ1) is 16.5. The van der Waals surface area contributed by atoms with E-state index in [9.17, 15) is 15.2 Å². The van der Waals surface area contributed by atoms with E-state index in [4.69, 9.17) is 0 Å². The molecule has 1 saturated heterocycles. The molecule has 1 aromatic rings. The number of hydrogen-bond donors (Lipinski definition) is 3. The fraction of sp³-hybridized carbons (Fsp3) is 0.625. The average Bonchev–Trinajstić information content (AvgIpc) is 2.50. The van der Waals surface area contributed by atoms with E-state index in [1.165, 1.54) is 14.4 Å². The van der Waals surface area contributed by atoms with E-state index in [1.807, 2.05) is 13.0 Å². The van der Waals surface area contributed by atoms with Gasteiger partial charge in [0.2, 0.25) is 5.88 Å². The molecule has 0 radical (unpaired) electrons. The first-order chi connectivity index (χ1) is 10.5. The highest BCUT2D eigenvalue weighted by molar-refractivity contribution is 5.44. The fourth-order valence-corrected chi connectivity index (χ4v) is 3.10. The molecule has 1 aromatic heterocycles. The van der Waals surface area contributed by atoms with Crippen LogP contribution in [0.4, 0.5) is 0 Å². The van der Waals surface area contributed by atoms with Crippen LogP contribution in [0.5, 0.6) is 5.88 Å². The third-order valence-corrected chi connectivity index (χ3v) is 4.61. The molecule has 1 fully saturated rings. The van der Waals surface area contributed by atoms with Gasteiger partial charge in [-0.1, -0.05) is 6.92 Å². The van der Waals surface area contributed by atoms with Crippen LogP contribution in [0, 0.1) is 18.3 Å². The molecule has 2 heterocycles. The predicted molar refractivity (Wildman–Crippen MR) is 83.1 cm³/mol. The lowest BCUT2D eigenvalue weighted by Crippen LogP contribution is -3.26. The van der Waals surface area contributed by atoms with E-state index in [2.05, 4.69) is 7.05 Å². The maximum atomic E-state index is 12.3. The van der Waals surface area contributed by atoms with Gasteiger partial charge in [0.05, 0.1) is 12.6 Å². The zero-order valence-corrected chi connectivity index (χ0v) is 13.7. The summed E-state index contributed by atoms with van der Waals surface area (Å²) in [5.41, 5.74) is 1.18. The Morgan fingerprint density at radius 1 is 1.32 bits per heavy atom. The van der Waals surface area contributed by atoms with Gasteiger partial charge in [0.25, 0.3) is 5.56 Å². The Morgan fingerprint density at radius 2 is 1.95 bits per heavy atom. The largest absolute Gasteiger partial charge is 0.494 e. The van der Waals surface area contributed by atoms with Crippen LogP contribution in [-0.2, 0) is 13.1 Å². The van der Waals surface area contributed by atoms with Crippen molar-refractivity contribution in [2.75, 3.05) is 33.2 Å². The number of likely N-dealkylation sites (N-methyl/N-ethyl adjacent to an activating group) is 1. The van der Waals surface area contributed by atoms with E-state index in [0.717, 1.165) is 38.2 Å². The van der Waals surface area contributed by atoms with Gasteiger partial charge in [-0.05, 0) is 18.9 Å². The number of rotatable bonds is 4. The zero-order valence-electron chi connectivity index (χ0n) is 13.7. The summed E-state index contributed by atoms with van der Waals surface area (Å²) in [5, 5.41) is 19.8. The van der Waals surface area contributed by atoms with Gasteiger partial charge in [0.1, 0.15) is 44.4 Å². The highest BCUT2D eigenvalue weighted by Gasteiger charge is 2.25. The number of nitrogens with zero attached hydrogens (tertiary/aromatic N) is 2. The van der Waals surface area contributed by atoms with Gasteiger partial charge >= 0.3 is 0 Å². The second-order valence-electron chi connectivity index (χ2n) is 6.25. The Hall–Kier alpha value is -1.84. The Labute approximate surface area is 131 Å². The molecule has 0 unspecified atom stereocenters. The summed E-state index contributed by atoms with van der Waals surface area (Å²) < 4.78 is 1.35. The Balaban J connectivity index is 2.40. The summed E-state index contributed by atoms with van der Waals surface area (Å²) in [5.74, 6) is 0.0436. The maximum Gasteiger partial charge on any atom is 0.271 e. The Kier molecular flexibility index (Phi) is 5.22. The van der Waals surface area contributed by atoms with Gasteiger partial charge in [-0.15, -0.1) is 0 Å². The zero-order chi connectivity index (χ0) is 16.3. The van der Waals surface area contributed by atoms with Crippen molar-refractivity contribution in [3.63, 3.8) is 0 Å². The first-order valence-corrected chi connectivity index (χ1v) is 7.99. The topological polar surface area (TPSA) is 74.9 Å². The molecule has 0 saturated carbocycles. The van der Waals surface area contributed by atoms with Crippen LogP contribution < -0.4 is 15.4 Å². The number of aromatic hydroxyl groups is 1. The lowest BCUT2D eigenvalue weighted by Gasteiger charge is -2.28. The van der Waals surface area contributed by atoms with Gasteiger partial charge in [0, 0.05) is 6.54 Å². The quantitative estimate of drug-likeness (QED) is 0.606. The molecule has 0 aliphatic carbocycles. The third kappa shape index (κ3) is 3.16. The molecule has 0 bridgehead atoms. The highest BCUT2D eigenvalue weighted by Crippen LogP contribution is 2.21. The van der Waals surface area contributed by atoms with E-state index in [-0.39, 0.29) is 17.0 Å².